The molecule has 6 nitrogen and oxygen atoms in total. The molecule has 156 valence electrons. The van der Waals surface area contributed by atoms with Crippen molar-refractivity contribution in [1.82, 2.24) is 4.72 Å². The molecule has 0 aliphatic rings. The minimum Gasteiger partial charge on any atom is -0.495 e. The van der Waals surface area contributed by atoms with Crippen LogP contribution in [0.3, 0.4) is 0 Å². The molecule has 0 atom stereocenters. The van der Waals surface area contributed by atoms with Gasteiger partial charge in [0.1, 0.15) is 5.75 Å². The van der Waals surface area contributed by atoms with Crippen LogP contribution in [0.4, 0.5) is 5.69 Å². The Morgan fingerprint density at radius 1 is 1.03 bits per heavy atom. The Morgan fingerprint density at radius 2 is 1.73 bits per heavy atom. The molecular weight excluding hydrogens is 424 g/mol. The van der Waals surface area contributed by atoms with E-state index in [0.29, 0.717) is 16.3 Å². The topological polar surface area (TPSA) is 84.5 Å². The summed E-state index contributed by atoms with van der Waals surface area (Å²) in [5.74, 6) is 0.00339. The molecule has 8 heteroatoms. The van der Waals surface area contributed by atoms with Gasteiger partial charge in [-0.25, -0.2) is 13.1 Å². The van der Waals surface area contributed by atoms with Crippen LogP contribution in [0, 0.1) is 6.92 Å². The zero-order chi connectivity index (χ0) is 21.7. The predicted molar refractivity (Wildman–Crippen MR) is 118 cm³/mol. The van der Waals surface area contributed by atoms with Crippen molar-refractivity contribution in [2.45, 2.75) is 18.4 Å². The number of benzene rings is 3. The Morgan fingerprint density at radius 3 is 2.40 bits per heavy atom. The van der Waals surface area contributed by atoms with E-state index in [1.165, 1.54) is 25.3 Å². The highest BCUT2D eigenvalue weighted by Gasteiger charge is 2.18. The van der Waals surface area contributed by atoms with Gasteiger partial charge in [0.25, 0.3) is 5.91 Å². The number of halogens is 1. The minimum atomic E-state index is -3.81. The number of nitrogens with one attached hydrogen (secondary N) is 2. The molecule has 0 aliphatic heterocycles. The van der Waals surface area contributed by atoms with E-state index < -0.39 is 10.0 Å². The fourth-order valence-electron chi connectivity index (χ4n) is 2.83. The number of ether oxygens (including phenoxy) is 1. The second-order valence-electron chi connectivity index (χ2n) is 6.58. The van der Waals surface area contributed by atoms with E-state index >= 15 is 0 Å². The zero-order valence-corrected chi connectivity index (χ0v) is 18.0. The van der Waals surface area contributed by atoms with Crippen molar-refractivity contribution in [3.8, 4) is 5.75 Å². The average Bonchev–Trinajstić information content (AvgIpc) is 2.73. The number of carbonyl (C=O) groups excluding carboxylic acids is 1. The second kappa shape index (κ2) is 9.30. The highest BCUT2D eigenvalue weighted by molar-refractivity contribution is 7.89. The molecule has 0 bridgehead atoms. The maximum Gasteiger partial charge on any atom is 0.256 e. The van der Waals surface area contributed by atoms with E-state index in [0.717, 1.165) is 11.1 Å². The molecular formula is C22H21ClN2O4S. The van der Waals surface area contributed by atoms with Gasteiger partial charge in [0, 0.05) is 17.1 Å². The first-order valence-electron chi connectivity index (χ1n) is 9.09. The molecule has 0 aliphatic carbocycles. The number of rotatable bonds is 7. The van der Waals surface area contributed by atoms with E-state index in [-0.39, 0.29) is 23.0 Å². The molecule has 3 rings (SSSR count). The first-order chi connectivity index (χ1) is 14.3. The third-order valence-electron chi connectivity index (χ3n) is 4.50. The third kappa shape index (κ3) is 5.18. The zero-order valence-electron chi connectivity index (χ0n) is 16.5. The molecule has 0 radical (unpaired) electrons. The molecule has 2 N–H and O–H groups in total. The maximum atomic E-state index is 12.7. The van der Waals surface area contributed by atoms with Crippen molar-refractivity contribution in [2.75, 3.05) is 12.4 Å². The molecule has 0 fully saturated rings. The fraction of sp³-hybridized carbons (Fsp3) is 0.136. The van der Waals surface area contributed by atoms with Gasteiger partial charge in [-0.15, -0.1) is 0 Å². The van der Waals surface area contributed by atoms with Crippen molar-refractivity contribution < 1.29 is 17.9 Å². The van der Waals surface area contributed by atoms with Crippen LogP contribution in [0.25, 0.3) is 0 Å². The van der Waals surface area contributed by atoms with Crippen LogP contribution in [-0.4, -0.2) is 21.4 Å². The van der Waals surface area contributed by atoms with E-state index in [9.17, 15) is 13.2 Å². The lowest BCUT2D eigenvalue weighted by atomic mass is 10.1. The molecule has 3 aromatic rings. The van der Waals surface area contributed by atoms with Crippen LogP contribution in [0.15, 0.2) is 71.6 Å². The lowest BCUT2D eigenvalue weighted by Gasteiger charge is -2.14. The number of hydrogen-bond acceptors (Lipinski definition) is 4. The van der Waals surface area contributed by atoms with Crippen molar-refractivity contribution in [1.29, 1.82) is 0 Å². The largest absolute Gasteiger partial charge is 0.495 e. The standard InChI is InChI=1S/C22H21ClN2O4S/c1-15-5-3-4-6-19(15)22(26)25-20-13-18(11-12-21(20)29-2)30(27,28)24-14-16-7-9-17(23)10-8-16/h3-13,24H,14H2,1-2H3,(H,25,26). The molecule has 1 amide bonds. The number of amides is 1. The molecule has 3 aromatic carbocycles. The lowest BCUT2D eigenvalue weighted by molar-refractivity contribution is 0.102. The van der Waals surface area contributed by atoms with Gasteiger partial charge in [-0.05, 0) is 54.4 Å². The van der Waals surface area contributed by atoms with E-state index in [1.807, 2.05) is 19.1 Å². The summed E-state index contributed by atoms with van der Waals surface area (Å²) in [5.41, 5.74) is 2.33. The van der Waals surface area contributed by atoms with Crippen LogP contribution >= 0.6 is 11.6 Å². The molecule has 0 saturated heterocycles. The molecule has 0 saturated carbocycles. The summed E-state index contributed by atoms with van der Waals surface area (Å²) < 4.78 is 33.3. The smallest absolute Gasteiger partial charge is 0.256 e. The summed E-state index contributed by atoms with van der Waals surface area (Å²) in [7, 11) is -2.36. The molecule has 30 heavy (non-hydrogen) atoms. The summed E-state index contributed by atoms with van der Waals surface area (Å²) in [6.07, 6.45) is 0. The minimum absolute atomic E-state index is 0.0114. The summed E-state index contributed by atoms with van der Waals surface area (Å²) in [5, 5.41) is 3.32. The van der Waals surface area contributed by atoms with Gasteiger partial charge in [-0.2, -0.15) is 0 Å². The quantitative estimate of drug-likeness (QED) is 0.566. The van der Waals surface area contributed by atoms with E-state index in [1.54, 1.807) is 36.4 Å². The SMILES string of the molecule is COc1ccc(S(=O)(=O)NCc2ccc(Cl)cc2)cc1NC(=O)c1ccccc1C. The summed E-state index contributed by atoms with van der Waals surface area (Å²) in [6, 6.07) is 18.3. The van der Waals surface area contributed by atoms with Crippen molar-refractivity contribution in [3.05, 3.63) is 88.4 Å². The van der Waals surface area contributed by atoms with E-state index in [4.69, 9.17) is 16.3 Å². The summed E-state index contributed by atoms with van der Waals surface area (Å²) in [4.78, 5) is 12.7. The maximum absolute atomic E-state index is 12.7. The van der Waals surface area contributed by atoms with Crippen molar-refractivity contribution in [3.63, 3.8) is 0 Å². The van der Waals surface area contributed by atoms with Gasteiger partial charge >= 0.3 is 0 Å². The first-order valence-corrected chi connectivity index (χ1v) is 11.0. The highest BCUT2D eigenvalue weighted by Crippen LogP contribution is 2.28. The summed E-state index contributed by atoms with van der Waals surface area (Å²) >= 11 is 5.85. The Hall–Kier alpha value is -2.87. The number of hydrogen-bond donors (Lipinski definition) is 2. The lowest BCUT2D eigenvalue weighted by Crippen LogP contribution is -2.23. The number of carbonyl (C=O) groups is 1. The van der Waals surface area contributed by atoms with Gasteiger partial charge in [0.15, 0.2) is 0 Å². The van der Waals surface area contributed by atoms with E-state index in [2.05, 4.69) is 10.0 Å². The van der Waals surface area contributed by atoms with Crippen LogP contribution in [0.2, 0.25) is 5.02 Å². The van der Waals surface area contributed by atoms with Crippen LogP contribution in [-0.2, 0) is 16.6 Å². The van der Waals surface area contributed by atoms with Gasteiger partial charge in [-0.3, -0.25) is 4.79 Å². The van der Waals surface area contributed by atoms with Gasteiger partial charge < -0.3 is 10.1 Å². The average molecular weight is 445 g/mol. The fourth-order valence-corrected chi connectivity index (χ4v) is 4.00. The van der Waals surface area contributed by atoms with Crippen LogP contribution in [0.1, 0.15) is 21.5 Å². The Kier molecular flexibility index (Phi) is 6.77. The normalized spacial score (nSPS) is 11.2. The van der Waals surface area contributed by atoms with Gasteiger partial charge in [0.05, 0.1) is 17.7 Å². The molecule has 0 aromatic heterocycles. The molecule has 0 heterocycles. The Labute approximate surface area is 180 Å². The van der Waals surface area contributed by atoms with Crippen LogP contribution < -0.4 is 14.8 Å². The summed E-state index contributed by atoms with van der Waals surface area (Å²) in [6.45, 7) is 1.93. The third-order valence-corrected chi connectivity index (χ3v) is 6.15. The molecule has 0 unspecified atom stereocenters. The Bertz CT molecular complexity index is 1160. The second-order valence-corrected chi connectivity index (χ2v) is 8.79. The highest BCUT2D eigenvalue weighted by atomic mass is 35.5. The van der Waals surface area contributed by atoms with Gasteiger partial charge in [-0.1, -0.05) is 41.9 Å². The number of anilines is 1. The van der Waals surface area contributed by atoms with Crippen molar-refractivity contribution in [2.24, 2.45) is 0 Å². The van der Waals surface area contributed by atoms with Crippen LogP contribution in [0.5, 0.6) is 5.75 Å². The van der Waals surface area contributed by atoms with Gasteiger partial charge in [0.2, 0.25) is 10.0 Å². The monoisotopic (exact) mass is 444 g/mol. The predicted octanol–water partition coefficient (Wildman–Crippen LogP) is 4.39. The number of methoxy groups -OCH3 is 1. The first kappa shape index (κ1) is 21.8. The number of sulfonamides is 1. The molecule has 0 spiro atoms. The van der Waals surface area contributed by atoms with Crippen molar-refractivity contribution >= 4 is 33.2 Å². The number of aryl methyl sites for hydroxylation is 1. The Balaban J connectivity index is 1.83.